The third-order valence-electron chi connectivity index (χ3n) is 3.28. The van der Waals surface area contributed by atoms with Gasteiger partial charge in [0.15, 0.2) is 0 Å². The number of rotatable bonds is 7. The first-order valence-corrected chi connectivity index (χ1v) is 8.42. The van der Waals surface area contributed by atoms with Crippen molar-refractivity contribution in [2.75, 3.05) is 25.6 Å². The molecule has 1 N–H and O–H groups in total. The monoisotopic (exact) mass is 360 g/mol. The standard InChI is InChI=1S/C17H17FN4O2S/c1-11-15(25-17(20-11)24-10-9-23-2)14-7-8-19-16(22-14)21-13-5-3-12(18)4-6-13/h3-8H,9-10H2,1-2H3,(H,19,21,22). The summed E-state index contributed by atoms with van der Waals surface area (Å²) in [7, 11) is 1.62. The van der Waals surface area contributed by atoms with E-state index in [2.05, 4.69) is 20.3 Å². The lowest BCUT2D eigenvalue weighted by atomic mass is 10.3. The second-order valence-corrected chi connectivity index (χ2v) is 6.09. The molecule has 25 heavy (non-hydrogen) atoms. The van der Waals surface area contributed by atoms with E-state index >= 15 is 0 Å². The van der Waals surface area contributed by atoms with Crippen LogP contribution in [0.15, 0.2) is 36.5 Å². The molecule has 8 heteroatoms. The Kier molecular flexibility index (Phi) is 5.52. The van der Waals surface area contributed by atoms with Crippen molar-refractivity contribution in [1.29, 1.82) is 0 Å². The lowest BCUT2D eigenvalue weighted by Gasteiger charge is -2.06. The molecule has 3 rings (SSSR count). The van der Waals surface area contributed by atoms with Gasteiger partial charge in [0.1, 0.15) is 12.4 Å². The highest BCUT2D eigenvalue weighted by Crippen LogP contribution is 2.33. The van der Waals surface area contributed by atoms with Crippen molar-refractivity contribution in [3.05, 3.63) is 48.0 Å². The van der Waals surface area contributed by atoms with Crippen LogP contribution in [0.1, 0.15) is 5.69 Å². The normalized spacial score (nSPS) is 10.7. The van der Waals surface area contributed by atoms with Crippen LogP contribution in [0.4, 0.5) is 16.0 Å². The Morgan fingerprint density at radius 1 is 1.12 bits per heavy atom. The molecule has 130 valence electrons. The van der Waals surface area contributed by atoms with Crippen LogP contribution in [-0.2, 0) is 4.74 Å². The molecule has 0 radical (unpaired) electrons. The van der Waals surface area contributed by atoms with Gasteiger partial charge in [0.05, 0.1) is 22.9 Å². The molecule has 0 fully saturated rings. The fraction of sp³-hybridized carbons (Fsp3) is 0.235. The molecule has 0 bridgehead atoms. The number of aromatic nitrogens is 3. The number of nitrogens with one attached hydrogen (secondary N) is 1. The van der Waals surface area contributed by atoms with Gasteiger partial charge < -0.3 is 14.8 Å². The molecule has 0 saturated heterocycles. The maximum Gasteiger partial charge on any atom is 0.274 e. The van der Waals surface area contributed by atoms with E-state index in [-0.39, 0.29) is 5.82 Å². The first kappa shape index (κ1) is 17.2. The van der Waals surface area contributed by atoms with Crippen molar-refractivity contribution in [2.45, 2.75) is 6.92 Å². The Morgan fingerprint density at radius 3 is 2.68 bits per heavy atom. The van der Waals surface area contributed by atoms with Gasteiger partial charge in [0.2, 0.25) is 5.95 Å². The van der Waals surface area contributed by atoms with Gasteiger partial charge in [0.25, 0.3) is 5.19 Å². The van der Waals surface area contributed by atoms with Gasteiger partial charge in [-0.25, -0.2) is 19.3 Å². The Hall–Kier alpha value is -2.58. The molecular weight excluding hydrogens is 343 g/mol. The average molecular weight is 360 g/mol. The first-order valence-electron chi connectivity index (χ1n) is 7.61. The molecule has 0 atom stereocenters. The van der Waals surface area contributed by atoms with Gasteiger partial charge in [-0.1, -0.05) is 11.3 Å². The summed E-state index contributed by atoms with van der Waals surface area (Å²) in [5, 5.41) is 3.64. The Morgan fingerprint density at radius 2 is 1.92 bits per heavy atom. The molecule has 0 aliphatic rings. The zero-order valence-electron chi connectivity index (χ0n) is 13.8. The van der Waals surface area contributed by atoms with Gasteiger partial charge >= 0.3 is 0 Å². The Bertz CT molecular complexity index is 839. The second-order valence-electron chi connectivity index (χ2n) is 5.13. The van der Waals surface area contributed by atoms with Crippen LogP contribution >= 0.6 is 11.3 Å². The van der Waals surface area contributed by atoms with Crippen LogP contribution in [0.2, 0.25) is 0 Å². The summed E-state index contributed by atoms with van der Waals surface area (Å²) in [4.78, 5) is 14.0. The minimum absolute atomic E-state index is 0.290. The largest absolute Gasteiger partial charge is 0.468 e. The lowest BCUT2D eigenvalue weighted by molar-refractivity contribution is 0.146. The SMILES string of the molecule is COCCOc1nc(C)c(-c2ccnc(Nc3ccc(F)cc3)n2)s1. The van der Waals surface area contributed by atoms with Crippen molar-refractivity contribution in [3.8, 4) is 15.8 Å². The molecule has 0 aliphatic carbocycles. The van der Waals surface area contributed by atoms with Gasteiger partial charge in [-0.3, -0.25) is 0 Å². The molecule has 0 saturated carbocycles. The van der Waals surface area contributed by atoms with Gasteiger partial charge in [-0.05, 0) is 37.3 Å². The van der Waals surface area contributed by atoms with Crippen LogP contribution in [0.25, 0.3) is 10.6 Å². The Labute approximate surface area is 148 Å². The average Bonchev–Trinajstić information content (AvgIpc) is 2.98. The van der Waals surface area contributed by atoms with Gasteiger partial charge in [0, 0.05) is 19.0 Å². The summed E-state index contributed by atoms with van der Waals surface area (Å²) < 4.78 is 23.5. The number of methoxy groups -OCH3 is 1. The molecule has 3 aromatic rings. The number of ether oxygens (including phenoxy) is 2. The number of anilines is 2. The molecule has 6 nitrogen and oxygen atoms in total. The van der Waals surface area contributed by atoms with E-state index in [0.29, 0.717) is 30.0 Å². The van der Waals surface area contributed by atoms with Crippen LogP contribution in [0.5, 0.6) is 5.19 Å². The Balaban J connectivity index is 1.78. The lowest BCUT2D eigenvalue weighted by Crippen LogP contribution is -2.03. The maximum atomic E-state index is 13.0. The van der Waals surface area contributed by atoms with Crippen molar-refractivity contribution in [3.63, 3.8) is 0 Å². The van der Waals surface area contributed by atoms with Gasteiger partial charge in [-0.2, -0.15) is 0 Å². The maximum absolute atomic E-state index is 13.0. The highest BCUT2D eigenvalue weighted by atomic mass is 32.1. The van der Waals surface area contributed by atoms with Crippen LogP contribution in [-0.4, -0.2) is 35.3 Å². The highest BCUT2D eigenvalue weighted by Gasteiger charge is 2.13. The highest BCUT2D eigenvalue weighted by molar-refractivity contribution is 7.17. The first-order chi connectivity index (χ1) is 12.2. The zero-order chi connectivity index (χ0) is 17.6. The number of halogens is 1. The minimum atomic E-state index is -0.290. The fourth-order valence-corrected chi connectivity index (χ4v) is 3.00. The number of aryl methyl sites for hydroxylation is 1. The summed E-state index contributed by atoms with van der Waals surface area (Å²) in [6, 6.07) is 7.83. The zero-order valence-corrected chi connectivity index (χ0v) is 14.6. The van der Waals surface area contributed by atoms with E-state index in [1.165, 1.54) is 23.5 Å². The molecule has 2 heterocycles. The third-order valence-corrected chi connectivity index (χ3v) is 4.37. The fourth-order valence-electron chi connectivity index (χ4n) is 2.09. The molecule has 0 amide bonds. The number of benzene rings is 1. The van der Waals surface area contributed by atoms with Crippen LogP contribution in [0, 0.1) is 12.7 Å². The number of thiazole rings is 1. The van der Waals surface area contributed by atoms with E-state index in [0.717, 1.165) is 16.3 Å². The van der Waals surface area contributed by atoms with E-state index in [1.54, 1.807) is 25.4 Å². The van der Waals surface area contributed by atoms with Crippen LogP contribution < -0.4 is 10.1 Å². The minimum Gasteiger partial charge on any atom is -0.468 e. The molecule has 1 aromatic carbocycles. The summed E-state index contributed by atoms with van der Waals surface area (Å²) in [5.41, 5.74) is 2.29. The predicted octanol–water partition coefficient (Wildman–Crippen LogP) is 3.82. The van der Waals surface area contributed by atoms with Crippen molar-refractivity contribution in [2.24, 2.45) is 0 Å². The third kappa shape index (κ3) is 4.49. The molecule has 0 spiro atoms. The van der Waals surface area contributed by atoms with Crippen LogP contribution in [0.3, 0.4) is 0 Å². The topological polar surface area (TPSA) is 69.2 Å². The molecular formula is C17H17FN4O2S. The van der Waals surface area contributed by atoms with Crippen molar-refractivity contribution in [1.82, 2.24) is 15.0 Å². The van der Waals surface area contributed by atoms with Crippen molar-refractivity contribution < 1.29 is 13.9 Å². The second kappa shape index (κ2) is 8.00. The summed E-state index contributed by atoms with van der Waals surface area (Å²) in [6.45, 7) is 2.86. The molecule has 0 unspecified atom stereocenters. The molecule has 2 aromatic heterocycles. The van der Waals surface area contributed by atoms with E-state index in [9.17, 15) is 4.39 Å². The quantitative estimate of drug-likeness (QED) is 0.646. The number of hydrogen-bond acceptors (Lipinski definition) is 7. The number of nitrogens with zero attached hydrogens (tertiary/aromatic N) is 3. The predicted molar refractivity (Wildman–Crippen MR) is 94.9 cm³/mol. The van der Waals surface area contributed by atoms with Crippen molar-refractivity contribution >= 4 is 23.0 Å². The van der Waals surface area contributed by atoms with E-state index in [1.807, 2.05) is 13.0 Å². The summed E-state index contributed by atoms with van der Waals surface area (Å²) >= 11 is 1.42. The summed E-state index contributed by atoms with van der Waals surface area (Å²) in [6.07, 6.45) is 1.67. The smallest absolute Gasteiger partial charge is 0.274 e. The van der Waals surface area contributed by atoms with Gasteiger partial charge in [-0.15, -0.1) is 0 Å². The number of hydrogen-bond donors (Lipinski definition) is 1. The van der Waals surface area contributed by atoms with E-state index in [4.69, 9.17) is 9.47 Å². The van der Waals surface area contributed by atoms with E-state index < -0.39 is 0 Å². The molecule has 0 aliphatic heterocycles. The summed E-state index contributed by atoms with van der Waals surface area (Å²) in [5.74, 6) is 0.139.